The van der Waals surface area contributed by atoms with Crippen LogP contribution in [0, 0.1) is 12.8 Å². The van der Waals surface area contributed by atoms with E-state index in [0.717, 1.165) is 30.0 Å². The monoisotopic (exact) mass is 546 g/mol. The molecule has 2 unspecified atom stereocenters. The molecule has 9 nitrogen and oxygen atoms in total. The van der Waals surface area contributed by atoms with Crippen LogP contribution in [0.15, 0.2) is 44.9 Å². The number of aryl methyl sites for hydroxylation is 1. The summed E-state index contributed by atoms with van der Waals surface area (Å²) in [4.78, 5) is 24.8. The molecule has 1 aromatic carbocycles. The van der Waals surface area contributed by atoms with Crippen LogP contribution < -0.4 is 5.73 Å². The summed E-state index contributed by atoms with van der Waals surface area (Å²) < 4.78 is 11.7. The Hall–Kier alpha value is -3.37. The Morgan fingerprint density at radius 3 is 2.62 bits per heavy atom. The van der Waals surface area contributed by atoms with Crippen LogP contribution in [0.25, 0.3) is 22.9 Å². The van der Waals surface area contributed by atoms with Gasteiger partial charge in [-0.3, -0.25) is 4.79 Å². The lowest BCUT2D eigenvalue weighted by Gasteiger charge is -2.29. The van der Waals surface area contributed by atoms with Crippen molar-refractivity contribution in [3.8, 4) is 22.9 Å². The number of nitrogens with two attached hydrogens (primary N) is 1. The number of hydrogen-bond donors (Lipinski definition) is 1. The molecule has 2 atom stereocenters. The number of thiazole rings is 1. The van der Waals surface area contributed by atoms with E-state index in [4.69, 9.17) is 14.6 Å². The average molecular weight is 547 g/mol. The van der Waals surface area contributed by atoms with Crippen molar-refractivity contribution >= 4 is 17.2 Å². The molecule has 0 bridgehead atoms. The number of oxazole rings is 1. The van der Waals surface area contributed by atoms with E-state index in [1.807, 2.05) is 42.3 Å². The average Bonchev–Trinajstić information content (AvgIpc) is 3.74. The lowest BCUT2D eigenvalue weighted by Crippen LogP contribution is -2.36. The van der Waals surface area contributed by atoms with Gasteiger partial charge in [0.15, 0.2) is 0 Å². The zero-order chi connectivity index (χ0) is 27.0. The van der Waals surface area contributed by atoms with E-state index in [0.29, 0.717) is 46.8 Å². The topological polar surface area (TPSA) is 124 Å². The summed E-state index contributed by atoms with van der Waals surface area (Å²) in [5.41, 5.74) is 8.77. The van der Waals surface area contributed by atoms with Gasteiger partial charge in [0.25, 0.3) is 5.91 Å². The Morgan fingerprint density at radius 1 is 1.10 bits per heavy atom. The fourth-order valence-corrected chi connectivity index (χ4v) is 6.91. The van der Waals surface area contributed by atoms with Gasteiger partial charge in [0.2, 0.25) is 17.7 Å². The summed E-state index contributed by atoms with van der Waals surface area (Å²) in [5.74, 6) is 1.65. The first-order chi connectivity index (χ1) is 18.9. The maximum atomic E-state index is 13.9. The van der Waals surface area contributed by atoms with Crippen LogP contribution in [0.3, 0.4) is 0 Å². The Kier molecular flexibility index (Phi) is 7.07. The first kappa shape index (κ1) is 25.9. The lowest BCUT2D eigenvalue weighted by molar-refractivity contribution is 0.0735. The zero-order valence-electron chi connectivity index (χ0n) is 22.4. The molecule has 1 aliphatic carbocycles. The summed E-state index contributed by atoms with van der Waals surface area (Å²) in [5, 5.41) is 11.7. The molecule has 2 fully saturated rings. The molecule has 3 aromatic heterocycles. The third-order valence-corrected chi connectivity index (χ3v) is 8.96. The molecular formula is C29H34N6O3S. The van der Waals surface area contributed by atoms with Crippen molar-refractivity contribution in [2.45, 2.75) is 76.8 Å². The standard InChI is InChI=1S/C29H34N6O3S/c1-18-17-39-26(32-18)23-9-6-11-35(23)27(36)22-14-20(24-31-10-12-37-24)13-21(15-22)25-33-34-28(38-25)29(2,30)16-19-7-4-3-5-8-19/h10,12-15,17,19,23H,3-9,11,16,30H2,1-2H3. The Balaban J connectivity index is 1.32. The minimum Gasteiger partial charge on any atom is -0.445 e. The molecule has 39 heavy (non-hydrogen) atoms. The zero-order valence-corrected chi connectivity index (χ0v) is 23.2. The van der Waals surface area contributed by atoms with Crippen molar-refractivity contribution in [3.05, 3.63) is 58.2 Å². The fraction of sp³-hybridized carbons (Fsp3) is 0.483. The van der Waals surface area contributed by atoms with Crippen molar-refractivity contribution in [3.63, 3.8) is 0 Å². The van der Waals surface area contributed by atoms with Crippen LogP contribution in [0.4, 0.5) is 0 Å². The van der Waals surface area contributed by atoms with Crippen molar-refractivity contribution < 1.29 is 13.6 Å². The van der Waals surface area contributed by atoms with Crippen LogP contribution >= 0.6 is 11.3 Å². The number of hydrogen-bond acceptors (Lipinski definition) is 9. The molecule has 4 aromatic rings. The smallest absolute Gasteiger partial charge is 0.254 e. The van der Waals surface area contributed by atoms with E-state index in [1.54, 1.807) is 17.5 Å². The van der Waals surface area contributed by atoms with Gasteiger partial charge in [-0.05, 0) is 57.2 Å². The maximum absolute atomic E-state index is 13.9. The van der Waals surface area contributed by atoms with E-state index in [1.165, 1.54) is 38.4 Å². The molecule has 6 rings (SSSR count). The van der Waals surface area contributed by atoms with Crippen LogP contribution in [-0.4, -0.2) is 37.5 Å². The minimum absolute atomic E-state index is 0.0298. The first-order valence-electron chi connectivity index (χ1n) is 13.8. The predicted molar refractivity (Wildman–Crippen MR) is 148 cm³/mol. The van der Waals surface area contributed by atoms with Gasteiger partial charge in [0.05, 0.1) is 17.8 Å². The highest BCUT2D eigenvalue weighted by atomic mass is 32.1. The Morgan fingerprint density at radius 2 is 1.90 bits per heavy atom. The van der Waals surface area contributed by atoms with Crippen LogP contribution in [0.2, 0.25) is 0 Å². The molecule has 204 valence electrons. The van der Waals surface area contributed by atoms with Crippen molar-refractivity contribution in [2.75, 3.05) is 6.54 Å². The molecule has 10 heteroatoms. The molecule has 1 saturated carbocycles. The van der Waals surface area contributed by atoms with Crippen molar-refractivity contribution in [1.82, 2.24) is 25.1 Å². The highest BCUT2D eigenvalue weighted by Crippen LogP contribution is 2.37. The van der Waals surface area contributed by atoms with Crippen LogP contribution in [0.5, 0.6) is 0 Å². The summed E-state index contributed by atoms with van der Waals surface area (Å²) in [6.07, 6.45) is 11.9. The van der Waals surface area contributed by atoms with Gasteiger partial charge in [-0.2, -0.15) is 0 Å². The third-order valence-electron chi connectivity index (χ3n) is 7.89. The second-order valence-electron chi connectivity index (χ2n) is 11.2. The van der Waals surface area contributed by atoms with Gasteiger partial charge >= 0.3 is 0 Å². The number of carbonyl (C=O) groups excluding carboxylic acids is 1. The van der Waals surface area contributed by atoms with E-state index in [2.05, 4.69) is 20.2 Å². The van der Waals surface area contributed by atoms with Crippen molar-refractivity contribution in [2.24, 2.45) is 11.7 Å². The summed E-state index contributed by atoms with van der Waals surface area (Å²) in [6, 6.07) is 5.45. The lowest BCUT2D eigenvalue weighted by atomic mass is 9.80. The van der Waals surface area contributed by atoms with Gasteiger partial charge in [0, 0.05) is 34.3 Å². The Bertz CT molecular complexity index is 1440. The quantitative estimate of drug-likeness (QED) is 0.287. The van der Waals surface area contributed by atoms with Crippen LogP contribution in [0.1, 0.15) is 91.3 Å². The highest BCUT2D eigenvalue weighted by molar-refractivity contribution is 7.09. The van der Waals surface area contributed by atoms with Gasteiger partial charge in [-0.15, -0.1) is 21.5 Å². The molecule has 1 amide bonds. The molecule has 4 heterocycles. The fourth-order valence-electron chi connectivity index (χ4n) is 5.97. The molecule has 0 radical (unpaired) electrons. The predicted octanol–water partition coefficient (Wildman–Crippen LogP) is 6.28. The molecular weight excluding hydrogens is 512 g/mol. The molecule has 2 N–H and O–H groups in total. The largest absolute Gasteiger partial charge is 0.445 e. The van der Waals surface area contributed by atoms with Gasteiger partial charge in [-0.25, -0.2) is 9.97 Å². The number of nitrogens with zero attached hydrogens (tertiary/aromatic N) is 5. The second-order valence-corrected chi connectivity index (χ2v) is 12.0. The number of amides is 1. The molecule has 1 saturated heterocycles. The minimum atomic E-state index is -0.722. The third kappa shape index (κ3) is 5.40. The van der Waals surface area contributed by atoms with Crippen LogP contribution in [-0.2, 0) is 5.54 Å². The van der Waals surface area contributed by atoms with E-state index in [-0.39, 0.29) is 11.9 Å². The van der Waals surface area contributed by atoms with Gasteiger partial charge < -0.3 is 19.5 Å². The number of rotatable bonds is 7. The number of carbonyl (C=O) groups is 1. The molecule has 0 spiro atoms. The highest BCUT2D eigenvalue weighted by Gasteiger charge is 2.34. The number of likely N-dealkylation sites (tertiary alicyclic amines) is 1. The van der Waals surface area contributed by atoms with Gasteiger partial charge in [-0.1, -0.05) is 32.1 Å². The summed E-state index contributed by atoms with van der Waals surface area (Å²) in [6.45, 7) is 4.62. The Labute approximate surface area is 231 Å². The van der Waals surface area contributed by atoms with E-state index in [9.17, 15) is 4.79 Å². The SMILES string of the molecule is Cc1csc(C2CCCN2C(=O)c2cc(-c3ncco3)cc(-c3nnc(C(C)(N)CC4CCCCC4)o3)c2)n1. The maximum Gasteiger partial charge on any atom is 0.254 e. The van der Waals surface area contributed by atoms with E-state index < -0.39 is 5.54 Å². The molecule has 1 aliphatic heterocycles. The molecule has 2 aliphatic rings. The van der Waals surface area contributed by atoms with Gasteiger partial charge in [0.1, 0.15) is 11.3 Å². The van der Waals surface area contributed by atoms with E-state index >= 15 is 0 Å². The normalized spacial score (nSPS) is 19.9. The number of aromatic nitrogens is 4. The number of benzene rings is 1. The first-order valence-corrected chi connectivity index (χ1v) is 14.7. The van der Waals surface area contributed by atoms with Crippen molar-refractivity contribution in [1.29, 1.82) is 0 Å². The summed E-state index contributed by atoms with van der Waals surface area (Å²) >= 11 is 1.61. The summed E-state index contributed by atoms with van der Waals surface area (Å²) in [7, 11) is 0. The second kappa shape index (κ2) is 10.7.